The zero-order chi connectivity index (χ0) is 12.1. The molecule has 0 bridgehead atoms. The zero-order valence-corrected chi connectivity index (χ0v) is 10.3. The molecule has 1 heterocycles. The van der Waals surface area contributed by atoms with Gasteiger partial charge in [-0.05, 0) is 5.92 Å². The Hall–Kier alpha value is -1.58. The van der Waals surface area contributed by atoms with Crippen molar-refractivity contribution < 1.29 is 4.79 Å². The Morgan fingerprint density at radius 1 is 1.56 bits per heavy atom. The van der Waals surface area contributed by atoms with Crippen molar-refractivity contribution in [1.82, 2.24) is 14.5 Å². The smallest absolute Gasteiger partial charge is 0.207 e. The largest absolute Gasteiger partial charge is 0.383 e. The second kappa shape index (κ2) is 5.49. The molecule has 4 nitrogen and oxygen atoms in total. The van der Waals surface area contributed by atoms with Crippen molar-refractivity contribution in [3.8, 4) is 0 Å². The fraction of sp³-hybridized carbons (Fsp3) is 0.500. The van der Waals surface area contributed by atoms with Crippen molar-refractivity contribution in [2.45, 2.75) is 20.4 Å². The quantitative estimate of drug-likeness (QED) is 0.562. The van der Waals surface area contributed by atoms with Gasteiger partial charge in [0.1, 0.15) is 5.69 Å². The fourth-order valence-electron chi connectivity index (χ4n) is 1.31. The second-order valence-electron chi connectivity index (χ2n) is 4.49. The number of hydrogen-bond donors (Lipinski definition) is 0. The Morgan fingerprint density at radius 2 is 2.25 bits per heavy atom. The Kier molecular flexibility index (Phi) is 4.28. The summed E-state index contributed by atoms with van der Waals surface area (Å²) >= 11 is 0. The van der Waals surface area contributed by atoms with Crippen LogP contribution in [0.25, 0.3) is 0 Å². The number of rotatable bonds is 5. The monoisotopic (exact) mass is 221 g/mol. The van der Waals surface area contributed by atoms with Crippen LogP contribution in [-0.2, 0) is 6.54 Å². The molecule has 0 N–H and O–H groups in total. The summed E-state index contributed by atoms with van der Waals surface area (Å²) < 4.78 is 1.95. The van der Waals surface area contributed by atoms with Crippen LogP contribution in [0.3, 0.4) is 0 Å². The Labute approximate surface area is 96.6 Å². The van der Waals surface area contributed by atoms with Gasteiger partial charge in [0.15, 0.2) is 0 Å². The van der Waals surface area contributed by atoms with Crippen LogP contribution in [0.1, 0.15) is 24.3 Å². The normalized spacial score (nSPS) is 11.3. The molecule has 0 fully saturated rings. The van der Waals surface area contributed by atoms with E-state index in [4.69, 9.17) is 0 Å². The van der Waals surface area contributed by atoms with Gasteiger partial charge in [-0.3, -0.25) is 4.79 Å². The van der Waals surface area contributed by atoms with Crippen LogP contribution in [0.2, 0.25) is 0 Å². The van der Waals surface area contributed by atoms with Gasteiger partial charge in [-0.1, -0.05) is 13.8 Å². The third-order valence-electron chi connectivity index (χ3n) is 1.99. The maximum absolute atomic E-state index is 11.7. The summed E-state index contributed by atoms with van der Waals surface area (Å²) in [7, 11) is 3.75. The van der Waals surface area contributed by atoms with Gasteiger partial charge in [0.25, 0.3) is 0 Å². The molecule has 0 spiro atoms. The van der Waals surface area contributed by atoms with Crippen molar-refractivity contribution in [2.75, 3.05) is 14.1 Å². The van der Waals surface area contributed by atoms with Gasteiger partial charge in [0.2, 0.25) is 5.78 Å². The number of ketones is 1. The minimum absolute atomic E-state index is 0.0591. The molecule has 0 aliphatic rings. The number of carbonyl (C=O) groups excluding carboxylic acids is 1. The number of aromatic nitrogens is 2. The molecule has 0 aromatic carbocycles. The van der Waals surface area contributed by atoms with Gasteiger partial charge >= 0.3 is 0 Å². The molecule has 4 heteroatoms. The highest BCUT2D eigenvalue weighted by Crippen LogP contribution is 2.03. The Morgan fingerprint density at radius 3 is 2.81 bits per heavy atom. The Bertz CT molecular complexity index is 377. The van der Waals surface area contributed by atoms with Crippen LogP contribution in [0.4, 0.5) is 0 Å². The Balaban J connectivity index is 2.67. The maximum Gasteiger partial charge on any atom is 0.207 e. The van der Waals surface area contributed by atoms with Gasteiger partial charge < -0.3 is 9.47 Å². The van der Waals surface area contributed by atoms with E-state index in [2.05, 4.69) is 18.8 Å². The first-order valence-corrected chi connectivity index (χ1v) is 5.39. The minimum Gasteiger partial charge on any atom is -0.383 e. The first kappa shape index (κ1) is 12.5. The third kappa shape index (κ3) is 3.88. The van der Waals surface area contributed by atoms with Crippen LogP contribution in [0, 0.1) is 5.92 Å². The zero-order valence-electron chi connectivity index (χ0n) is 10.3. The van der Waals surface area contributed by atoms with Crippen molar-refractivity contribution in [3.05, 3.63) is 30.5 Å². The van der Waals surface area contributed by atoms with Crippen molar-refractivity contribution in [1.29, 1.82) is 0 Å². The lowest BCUT2D eigenvalue weighted by atomic mass is 10.2. The van der Waals surface area contributed by atoms with Crippen LogP contribution in [-0.4, -0.2) is 34.3 Å². The van der Waals surface area contributed by atoms with Crippen LogP contribution >= 0.6 is 0 Å². The van der Waals surface area contributed by atoms with Crippen LogP contribution < -0.4 is 0 Å². The van der Waals surface area contributed by atoms with E-state index < -0.39 is 0 Å². The molecular formula is C12H19N3O. The number of imidazole rings is 1. The summed E-state index contributed by atoms with van der Waals surface area (Å²) in [6.45, 7) is 5.15. The van der Waals surface area contributed by atoms with E-state index in [0.717, 1.165) is 6.54 Å². The van der Waals surface area contributed by atoms with Crippen molar-refractivity contribution in [2.24, 2.45) is 5.92 Å². The topological polar surface area (TPSA) is 38.1 Å². The van der Waals surface area contributed by atoms with E-state index in [9.17, 15) is 4.79 Å². The van der Waals surface area contributed by atoms with Gasteiger partial charge in [-0.2, -0.15) is 0 Å². The SMILES string of the molecule is CC(C)Cn1cnc(C(=O)C=CN(C)C)c1. The lowest BCUT2D eigenvalue weighted by Crippen LogP contribution is -2.04. The molecule has 16 heavy (non-hydrogen) atoms. The number of allylic oxidation sites excluding steroid dienone is 1. The van der Waals surface area contributed by atoms with Crippen LogP contribution in [0.5, 0.6) is 0 Å². The van der Waals surface area contributed by atoms with Gasteiger partial charge in [0, 0.05) is 39.1 Å². The molecule has 0 atom stereocenters. The molecule has 0 aliphatic carbocycles. The van der Waals surface area contributed by atoms with E-state index in [1.54, 1.807) is 18.7 Å². The lowest BCUT2D eigenvalue weighted by Gasteiger charge is -2.03. The average molecular weight is 221 g/mol. The maximum atomic E-state index is 11.7. The molecule has 1 aromatic heterocycles. The van der Waals surface area contributed by atoms with Gasteiger partial charge in [0.05, 0.1) is 6.33 Å². The second-order valence-corrected chi connectivity index (χ2v) is 4.49. The molecule has 0 aliphatic heterocycles. The lowest BCUT2D eigenvalue weighted by molar-refractivity contribution is 0.104. The summed E-state index contributed by atoms with van der Waals surface area (Å²) in [5, 5.41) is 0. The molecule has 88 valence electrons. The summed E-state index contributed by atoms with van der Waals surface area (Å²) in [5.41, 5.74) is 0.499. The van der Waals surface area contributed by atoms with Crippen molar-refractivity contribution >= 4 is 5.78 Å². The summed E-state index contributed by atoms with van der Waals surface area (Å²) in [5.74, 6) is 0.491. The molecule has 1 rings (SSSR count). The number of nitrogens with zero attached hydrogens (tertiary/aromatic N) is 3. The van der Waals surface area contributed by atoms with Gasteiger partial charge in [-0.25, -0.2) is 4.98 Å². The predicted molar refractivity (Wildman–Crippen MR) is 64.2 cm³/mol. The summed E-state index contributed by atoms with van der Waals surface area (Å²) in [6, 6.07) is 0. The molecule has 0 saturated heterocycles. The van der Waals surface area contributed by atoms with E-state index >= 15 is 0 Å². The summed E-state index contributed by atoms with van der Waals surface area (Å²) in [6.07, 6.45) is 6.75. The van der Waals surface area contributed by atoms with E-state index in [1.165, 1.54) is 6.08 Å². The number of carbonyl (C=O) groups is 1. The standard InChI is InChI=1S/C12H19N3O/c1-10(2)7-15-8-11(13-9-15)12(16)5-6-14(3)4/h5-6,8-10H,7H2,1-4H3. The van der Waals surface area contributed by atoms with E-state index in [-0.39, 0.29) is 5.78 Å². The first-order valence-electron chi connectivity index (χ1n) is 5.39. The molecule has 0 amide bonds. The molecule has 0 unspecified atom stereocenters. The highest BCUT2D eigenvalue weighted by atomic mass is 16.1. The average Bonchev–Trinajstić information content (AvgIpc) is 2.61. The van der Waals surface area contributed by atoms with Gasteiger partial charge in [-0.15, -0.1) is 0 Å². The predicted octanol–water partition coefficient (Wildman–Crippen LogP) is 1.80. The molecule has 1 aromatic rings. The number of hydrogen-bond acceptors (Lipinski definition) is 3. The molecule has 0 saturated carbocycles. The minimum atomic E-state index is -0.0591. The summed E-state index contributed by atoms with van der Waals surface area (Å²) in [4.78, 5) is 17.6. The third-order valence-corrected chi connectivity index (χ3v) is 1.99. The van der Waals surface area contributed by atoms with Crippen molar-refractivity contribution in [3.63, 3.8) is 0 Å². The van der Waals surface area contributed by atoms with E-state index in [1.807, 2.05) is 23.6 Å². The fourth-order valence-corrected chi connectivity index (χ4v) is 1.31. The highest BCUT2D eigenvalue weighted by Gasteiger charge is 2.06. The van der Waals surface area contributed by atoms with Crippen LogP contribution in [0.15, 0.2) is 24.8 Å². The first-order chi connectivity index (χ1) is 7.49. The molecule has 0 radical (unpaired) electrons. The van der Waals surface area contributed by atoms with E-state index in [0.29, 0.717) is 11.6 Å². The molecular weight excluding hydrogens is 202 g/mol. The highest BCUT2D eigenvalue weighted by molar-refractivity contribution is 6.02.